The number of ether oxygens (including phenoxy) is 2. The van der Waals surface area contributed by atoms with E-state index in [2.05, 4.69) is 5.32 Å². The number of carbonyl (C=O) groups is 2. The van der Waals surface area contributed by atoms with Gasteiger partial charge in [-0.2, -0.15) is 0 Å². The number of sulfonamides is 1. The molecule has 0 fully saturated rings. The van der Waals surface area contributed by atoms with Crippen LogP contribution in [-0.2, 0) is 26.2 Å². The summed E-state index contributed by atoms with van der Waals surface area (Å²) in [6.07, 6.45) is 2.08. The molecule has 2 aromatic carbocycles. The van der Waals surface area contributed by atoms with Crippen LogP contribution in [0.25, 0.3) is 0 Å². The highest BCUT2D eigenvalue weighted by molar-refractivity contribution is 7.92. The lowest BCUT2D eigenvalue weighted by Crippen LogP contribution is -2.49. The Kier molecular flexibility index (Phi) is 9.36. The fraction of sp³-hybridized carbons (Fsp3) is 0.462. The molecule has 1 N–H and O–H groups in total. The van der Waals surface area contributed by atoms with Crippen LogP contribution in [-0.4, -0.2) is 56.8 Å². The normalized spacial score (nSPS) is 14.1. The van der Waals surface area contributed by atoms with Crippen molar-refractivity contribution < 1.29 is 31.9 Å². The first-order valence-electron chi connectivity index (χ1n) is 12.2. The molecule has 0 saturated carbocycles. The number of carbonyl (C=O) groups excluding carboxylic acids is 2. The number of nitrogens with zero attached hydrogens (tertiary/aromatic N) is 2. The maximum absolute atomic E-state index is 13.4. The Morgan fingerprint density at radius 2 is 1.76 bits per heavy atom. The summed E-state index contributed by atoms with van der Waals surface area (Å²) in [5.41, 5.74) is 1.08. The molecule has 1 aliphatic rings. The lowest BCUT2D eigenvalue weighted by Gasteiger charge is -2.30. The van der Waals surface area contributed by atoms with Crippen LogP contribution in [0.1, 0.15) is 45.6 Å². The standard InChI is InChI=1S/C26H34FN3O6S/c1-5-18(2)28-26(32)19(3)29(16-20-8-10-21(27)11-9-20)25(31)7-6-14-30(37(4,33)34)22-12-13-23-24(15-22)36-17-35-23/h8-13,15,18-19H,5-7,14,16-17H2,1-4H3,(H,28,32). The van der Waals surface area contributed by atoms with E-state index in [-0.39, 0.29) is 50.6 Å². The molecule has 0 aromatic heterocycles. The Balaban J connectivity index is 1.72. The van der Waals surface area contributed by atoms with Crippen molar-refractivity contribution in [1.82, 2.24) is 10.2 Å². The molecular weight excluding hydrogens is 501 g/mol. The van der Waals surface area contributed by atoms with Crippen molar-refractivity contribution in [2.24, 2.45) is 0 Å². The van der Waals surface area contributed by atoms with Crippen molar-refractivity contribution in [3.05, 3.63) is 53.8 Å². The van der Waals surface area contributed by atoms with E-state index < -0.39 is 21.9 Å². The molecule has 2 atom stereocenters. The number of fused-ring (bicyclic) bond motifs is 1. The molecule has 2 unspecified atom stereocenters. The van der Waals surface area contributed by atoms with Gasteiger partial charge in [-0.15, -0.1) is 0 Å². The van der Waals surface area contributed by atoms with Crippen LogP contribution in [0.5, 0.6) is 11.5 Å². The van der Waals surface area contributed by atoms with Gasteiger partial charge in [-0.1, -0.05) is 19.1 Å². The fourth-order valence-electron chi connectivity index (χ4n) is 3.88. The summed E-state index contributed by atoms with van der Waals surface area (Å²) in [5.74, 6) is -0.00548. The van der Waals surface area contributed by atoms with Gasteiger partial charge in [0.15, 0.2) is 11.5 Å². The van der Waals surface area contributed by atoms with Gasteiger partial charge >= 0.3 is 0 Å². The molecule has 9 nitrogen and oxygen atoms in total. The van der Waals surface area contributed by atoms with Crippen LogP contribution < -0.4 is 19.1 Å². The maximum Gasteiger partial charge on any atom is 0.242 e. The molecule has 0 aliphatic carbocycles. The second-order valence-electron chi connectivity index (χ2n) is 9.12. The van der Waals surface area contributed by atoms with Crippen molar-refractivity contribution in [2.45, 2.75) is 58.7 Å². The smallest absolute Gasteiger partial charge is 0.242 e. The highest BCUT2D eigenvalue weighted by atomic mass is 32.2. The summed E-state index contributed by atoms with van der Waals surface area (Å²) in [6.45, 7) is 5.72. The fourth-order valence-corrected chi connectivity index (χ4v) is 4.84. The molecule has 1 aliphatic heterocycles. The zero-order valence-electron chi connectivity index (χ0n) is 21.6. The summed E-state index contributed by atoms with van der Waals surface area (Å²) < 4.78 is 50.3. The van der Waals surface area contributed by atoms with Gasteiger partial charge in [-0.3, -0.25) is 13.9 Å². The Labute approximate surface area is 217 Å². The number of benzene rings is 2. The predicted octanol–water partition coefficient (Wildman–Crippen LogP) is 3.43. The monoisotopic (exact) mass is 535 g/mol. The SMILES string of the molecule is CCC(C)NC(=O)C(C)N(Cc1ccc(F)cc1)C(=O)CCCN(c1ccc2c(c1)OCO2)S(C)(=O)=O. The highest BCUT2D eigenvalue weighted by Gasteiger charge is 2.27. The minimum Gasteiger partial charge on any atom is -0.454 e. The number of anilines is 1. The molecule has 37 heavy (non-hydrogen) atoms. The van der Waals surface area contributed by atoms with Gasteiger partial charge in [0.1, 0.15) is 11.9 Å². The van der Waals surface area contributed by atoms with E-state index in [9.17, 15) is 22.4 Å². The Morgan fingerprint density at radius 1 is 1.08 bits per heavy atom. The minimum absolute atomic E-state index is 0.0126. The van der Waals surface area contributed by atoms with Crippen molar-refractivity contribution in [3.8, 4) is 11.5 Å². The van der Waals surface area contributed by atoms with Crippen molar-refractivity contribution in [3.63, 3.8) is 0 Å². The van der Waals surface area contributed by atoms with Crippen LogP contribution in [0, 0.1) is 5.82 Å². The van der Waals surface area contributed by atoms with E-state index >= 15 is 0 Å². The topological polar surface area (TPSA) is 105 Å². The predicted molar refractivity (Wildman–Crippen MR) is 138 cm³/mol. The minimum atomic E-state index is -3.64. The Hall–Kier alpha value is -3.34. The molecule has 0 radical (unpaired) electrons. The third-order valence-electron chi connectivity index (χ3n) is 6.23. The first-order valence-corrected chi connectivity index (χ1v) is 14.1. The first kappa shape index (κ1) is 28.2. The molecule has 1 heterocycles. The summed E-state index contributed by atoms with van der Waals surface area (Å²) in [7, 11) is -3.64. The number of amides is 2. The average molecular weight is 536 g/mol. The number of rotatable bonds is 12. The number of hydrogen-bond donors (Lipinski definition) is 1. The zero-order chi connectivity index (χ0) is 27.2. The quantitative estimate of drug-likeness (QED) is 0.447. The van der Waals surface area contributed by atoms with Crippen LogP contribution >= 0.6 is 0 Å². The summed E-state index contributed by atoms with van der Waals surface area (Å²) in [6, 6.07) is 9.78. The molecule has 0 bridgehead atoms. The van der Waals surface area contributed by atoms with Crippen LogP contribution in [0.15, 0.2) is 42.5 Å². The Bertz CT molecular complexity index is 1210. The molecule has 2 aromatic rings. The van der Waals surface area contributed by atoms with E-state index in [4.69, 9.17) is 9.47 Å². The molecule has 202 valence electrons. The second-order valence-corrected chi connectivity index (χ2v) is 11.0. The van der Waals surface area contributed by atoms with E-state index in [0.29, 0.717) is 22.7 Å². The van der Waals surface area contributed by atoms with Gasteiger partial charge in [0, 0.05) is 31.6 Å². The van der Waals surface area contributed by atoms with E-state index in [0.717, 1.165) is 12.7 Å². The van der Waals surface area contributed by atoms with Gasteiger partial charge in [0.25, 0.3) is 0 Å². The van der Waals surface area contributed by atoms with Crippen LogP contribution in [0.2, 0.25) is 0 Å². The third-order valence-corrected chi connectivity index (χ3v) is 7.42. The molecule has 3 rings (SSSR count). The summed E-state index contributed by atoms with van der Waals surface area (Å²) in [5, 5.41) is 2.89. The number of halogens is 1. The van der Waals surface area contributed by atoms with Gasteiger partial charge in [0.2, 0.25) is 28.6 Å². The van der Waals surface area contributed by atoms with E-state index in [1.54, 1.807) is 37.3 Å². The summed E-state index contributed by atoms with van der Waals surface area (Å²) in [4.78, 5) is 27.6. The number of nitrogens with one attached hydrogen (secondary N) is 1. The van der Waals surface area contributed by atoms with Gasteiger partial charge in [-0.05, 0) is 56.5 Å². The lowest BCUT2D eigenvalue weighted by molar-refractivity contribution is -0.140. The van der Waals surface area contributed by atoms with Gasteiger partial charge < -0.3 is 19.7 Å². The van der Waals surface area contributed by atoms with Crippen LogP contribution in [0.3, 0.4) is 0 Å². The van der Waals surface area contributed by atoms with E-state index in [1.165, 1.54) is 21.3 Å². The Morgan fingerprint density at radius 3 is 2.41 bits per heavy atom. The lowest BCUT2D eigenvalue weighted by atomic mass is 10.1. The van der Waals surface area contributed by atoms with E-state index in [1.807, 2.05) is 13.8 Å². The highest BCUT2D eigenvalue weighted by Crippen LogP contribution is 2.36. The largest absolute Gasteiger partial charge is 0.454 e. The maximum atomic E-state index is 13.4. The second kappa shape index (κ2) is 12.3. The van der Waals surface area contributed by atoms with Crippen molar-refractivity contribution in [1.29, 1.82) is 0 Å². The molecule has 0 saturated heterocycles. The summed E-state index contributed by atoms with van der Waals surface area (Å²) >= 11 is 0. The van der Waals surface area contributed by atoms with Crippen molar-refractivity contribution >= 4 is 27.5 Å². The van der Waals surface area contributed by atoms with Gasteiger partial charge in [-0.25, -0.2) is 12.8 Å². The molecule has 0 spiro atoms. The van der Waals surface area contributed by atoms with Gasteiger partial charge in [0.05, 0.1) is 11.9 Å². The first-order chi connectivity index (χ1) is 17.5. The average Bonchev–Trinajstić information content (AvgIpc) is 3.32. The number of hydrogen-bond acceptors (Lipinski definition) is 6. The molecule has 11 heteroatoms. The van der Waals surface area contributed by atoms with Crippen molar-refractivity contribution in [2.75, 3.05) is 23.9 Å². The zero-order valence-corrected chi connectivity index (χ0v) is 22.4. The third kappa shape index (κ3) is 7.58. The molecular formula is C26H34FN3O6S. The molecule has 2 amide bonds. The van der Waals surface area contributed by atoms with Crippen LogP contribution in [0.4, 0.5) is 10.1 Å².